The number of nitrogens with zero attached hydrogens (tertiary/aromatic N) is 3. The van der Waals surface area contributed by atoms with Crippen LogP contribution in [0, 0.1) is 45.9 Å². The molecule has 4 nitrogen and oxygen atoms in total. The minimum absolute atomic E-state index is 0.271. The molecule has 20 heavy (non-hydrogen) atoms. The minimum atomic E-state index is 0.271. The van der Waals surface area contributed by atoms with E-state index in [1.165, 1.54) is 0 Å². The van der Waals surface area contributed by atoms with E-state index >= 15 is 0 Å². The molecule has 102 valence electrons. The SMILES string of the molecule is Cc1ccc(C)c(Oc2nnc(C)c(C)c2C#N)c1C. The van der Waals surface area contributed by atoms with Crippen molar-refractivity contribution in [3.63, 3.8) is 0 Å². The van der Waals surface area contributed by atoms with Gasteiger partial charge in [0.15, 0.2) is 0 Å². The van der Waals surface area contributed by atoms with Gasteiger partial charge in [-0.3, -0.25) is 0 Å². The summed E-state index contributed by atoms with van der Waals surface area (Å²) in [5, 5.41) is 17.4. The van der Waals surface area contributed by atoms with E-state index in [1.54, 1.807) is 0 Å². The molecule has 1 aromatic heterocycles. The third-order valence-electron chi connectivity index (χ3n) is 3.61. The van der Waals surface area contributed by atoms with Crippen LogP contribution < -0.4 is 4.74 Å². The minimum Gasteiger partial charge on any atom is -0.436 e. The van der Waals surface area contributed by atoms with Crippen LogP contribution in [0.1, 0.15) is 33.5 Å². The summed E-state index contributed by atoms with van der Waals surface area (Å²) >= 11 is 0. The summed E-state index contributed by atoms with van der Waals surface area (Å²) in [6, 6.07) is 6.20. The topological polar surface area (TPSA) is 58.8 Å². The number of hydrogen-bond acceptors (Lipinski definition) is 4. The Kier molecular flexibility index (Phi) is 3.71. The molecule has 0 saturated heterocycles. The Bertz CT molecular complexity index is 715. The molecule has 0 unspecified atom stereocenters. The maximum absolute atomic E-state index is 9.30. The maximum atomic E-state index is 9.30. The van der Waals surface area contributed by atoms with Crippen LogP contribution in [-0.4, -0.2) is 10.2 Å². The molecule has 0 aliphatic heterocycles. The molecule has 0 amide bonds. The molecule has 4 heteroatoms. The van der Waals surface area contributed by atoms with Gasteiger partial charge in [0, 0.05) is 0 Å². The predicted octanol–water partition coefficient (Wildman–Crippen LogP) is 3.68. The Balaban J connectivity index is 2.55. The summed E-state index contributed by atoms with van der Waals surface area (Å²) in [7, 11) is 0. The Morgan fingerprint density at radius 3 is 2.25 bits per heavy atom. The first-order chi connectivity index (χ1) is 9.45. The molecule has 0 fully saturated rings. The summed E-state index contributed by atoms with van der Waals surface area (Å²) in [6.45, 7) is 9.68. The average Bonchev–Trinajstić information content (AvgIpc) is 2.43. The third kappa shape index (κ3) is 2.35. The fourth-order valence-electron chi connectivity index (χ4n) is 1.97. The summed E-state index contributed by atoms with van der Waals surface area (Å²) in [5.74, 6) is 1.02. The Morgan fingerprint density at radius 1 is 0.950 bits per heavy atom. The largest absolute Gasteiger partial charge is 0.436 e. The molecule has 0 radical (unpaired) electrons. The van der Waals surface area contributed by atoms with Crippen LogP contribution in [-0.2, 0) is 0 Å². The van der Waals surface area contributed by atoms with E-state index in [2.05, 4.69) is 22.3 Å². The van der Waals surface area contributed by atoms with Gasteiger partial charge >= 0.3 is 0 Å². The van der Waals surface area contributed by atoms with Crippen LogP contribution in [0.2, 0.25) is 0 Å². The monoisotopic (exact) mass is 267 g/mol. The summed E-state index contributed by atoms with van der Waals surface area (Å²) in [6.07, 6.45) is 0. The number of ether oxygens (including phenoxy) is 1. The van der Waals surface area contributed by atoms with E-state index in [9.17, 15) is 5.26 Å². The van der Waals surface area contributed by atoms with Crippen LogP contribution >= 0.6 is 0 Å². The molecule has 0 atom stereocenters. The normalized spacial score (nSPS) is 10.2. The molecule has 1 heterocycles. The number of aryl methyl sites for hydroxylation is 3. The van der Waals surface area contributed by atoms with Gasteiger partial charge in [-0.2, -0.15) is 10.4 Å². The van der Waals surface area contributed by atoms with Gasteiger partial charge in [0.25, 0.3) is 5.88 Å². The van der Waals surface area contributed by atoms with Crippen molar-refractivity contribution in [1.29, 1.82) is 5.26 Å². The molecule has 0 aliphatic rings. The highest BCUT2D eigenvalue weighted by Crippen LogP contribution is 2.31. The predicted molar refractivity (Wildman–Crippen MR) is 76.9 cm³/mol. The van der Waals surface area contributed by atoms with Gasteiger partial charge in [-0.1, -0.05) is 12.1 Å². The Morgan fingerprint density at radius 2 is 1.60 bits per heavy atom. The van der Waals surface area contributed by atoms with Crippen LogP contribution in [0.25, 0.3) is 0 Å². The lowest BCUT2D eigenvalue weighted by Gasteiger charge is -2.14. The van der Waals surface area contributed by atoms with E-state index in [-0.39, 0.29) is 5.88 Å². The van der Waals surface area contributed by atoms with Crippen molar-refractivity contribution in [2.75, 3.05) is 0 Å². The highest BCUT2D eigenvalue weighted by molar-refractivity contribution is 5.50. The van der Waals surface area contributed by atoms with Crippen molar-refractivity contribution in [3.05, 3.63) is 45.6 Å². The second-order valence-electron chi connectivity index (χ2n) is 4.96. The van der Waals surface area contributed by atoms with Crippen molar-refractivity contribution in [2.24, 2.45) is 0 Å². The first-order valence-corrected chi connectivity index (χ1v) is 6.44. The number of nitriles is 1. The molecule has 1 aromatic carbocycles. The zero-order valence-corrected chi connectivity index (χ0v) is 12.4. The quantitative estimate of drug-likeness (QED) is 0.832. The summed E-state index contributed by atoms with van der Waals surface area (Å²) in [5.41, 5.74) is 5.19. The van der Waals surface area contributed by atoms with E-state index in [0.717, 1.165) is 33.7 Å². The van der Waals surface area contributed by atoms with Crippen molar-refractivity contribution in [3.8, 4) is 17.7 Å². The van der Waals surface area contributed by atoms with Crippen LogP contribution in [0.4, 0.5) is 0 Å². The number of benzene rings is 1. The second kappa shape index (κ2) is 5.30. The lowest BCUT2D eigenvalue weighted by atomic mass is 10.1. The molecule has 0 N–H and O–H groups in total. The molecule has 0 spiro atoms. The van der Waals surface area contributed by atoms with Crippen molar-refractivity contribution in [2.45, 2.75) is 34.6 Å². The Labute approximate surface area is 119 Å². The fraction of sp³-hybridized carbons (Fsp3) is 0.312. The van der Waals surface area contributed by atoms with Gasteiger partial charge in [0.1, 0.15) is 17.4 Å². The highest BCUT2D eigenvalue weighted by atomic mass is 16.5. The van der Waals surface area contributed by atoms with Gasteiger partial charge < -0.3 is 4.74 Å². The van der Waals surface area contributed by atoms with Crippen molar-refractivity contribution < 1.29 is 4.74 Å². The van der Waals surface area contributed by atoms with Crippen molar-refractivity contribution >= 4 is 0 Å². The standard InChI is InChI=1S/C16H17N3O/c1-9-6-7-10(2)15(11(9)3)20-16-14(8-17)12(4)13(5)18-19-16/h6-7H,1-5H3. The van der Waals surface area contributed by atoms with Crippen LogP contribution in [0.3, 0.4) is 0 Å². The van der Waals surface area contributed by atoms with E-state index < -0.39 is 0 Å². The van der Waals surface area contributed by atoms with Gasteiger partial charge in [0.2, 0.25) is 0 Å². The number of hydrogen-bond donors (Lipinski definition) is 0. The summed E-state index contributed by atoms with van der Waals surface area (Å²) in [4.78, 5) is 0. The zero-order chi connectivity index (χ0) is 14.9. The molecule has 2 rings (SSSR count). The number of rotatable bonds is 2. The fourth-order valence-corrected chi connectivity index (χ4v) is 1.97. The van der Waals surface area contributed by atoms with Gasteiger partial charge in [-0.15, -0.1) is 5.10 Å². The van der Waals surface area contributed by atoms with E-state index in [1.807, 2.05) is 40.7 Å². The smallest absolute Gasteiger partial charge is 0.257 e. The Hall–Kier alpha value is -2.41. The summed E-state index contributed by atoms with van der Waals surface area (Å²) < 4.78 is 5.88. The first-order valence-electron chi connectivity index (χ1n) is 6.44. The van der Waals surface area contributed by atoms with Gasteiger partial charge in [-0.05, 0) is 56.9 Å². The molecule has 2 aromatic rings. The molecule has 0 bridgehead atoms. The van der Waals surface area contributed by atoms with Crippen LogP contribution in [0.15, 0.2) is 12.1 Å². The molecule has 0 saturated carbocycles. The second-order valence-corrected chi connectivity index (χ2v) is 4.96. The zero-order valence-electron chi connectivity index (χ0n) is 12.4. The van der Waals surface area contributed by atoms with E-state index in [4.69, 9.17) is 4.74 Å². The lowest BCUT2D eigenvalue weighted by molar-refractivity contribution is 0.445. The van der Waals surface area contributed by atoms with Crippen LogP contribution in [0.5, 0.6) is 11.6 Å². The average molecular weight is 267 g/mol. The molecular weight excluding hydrogens is 250 g/mol. The highest BCUT2D eigenvalue weighted by Gasteiger charge is 2.15. The van der Waals surface area contributed by atoms with E-state index in [0.29, 0.717) is 5.56 Å². The third-order valence-corrected chi connectivity index (χ3v) is 3.61. The molecule has 0 aliphatic carbocycles. The maximum Gasteiger partial charge on any atom is 0.257 e. The number of aromatic nitrogens is 2. The van der Waals surface area contributed by atoms with Crippen molar-refractivity contribution in [1.82, 2.24) is 10.2 Å². The molecular formula is C16H17N3O. The first kappa shape index (κ1) is 14.0. The van der Waals surface area contributed by atoms with Gasteiger partial charge in [0.05, 0.1) is 5.69 Å². The van der Waals surface area contributed by atoms with Gasteiger partial charge in [-0.25, -0.2) is 0 Å². The lowest BCUT2D eigenvalue weighted by Crippen LogP contribution is -2.02.